The first-order chi connectivity index (χ1) is 8.95. The zero-order valence-corrected chi connectivity index (χ0v) is 13.3. The van der Waals surface area contributed by atoms with Crippen molar-refractivity contribution < 1.29 is 5.11 Å². The molecule has 0 aromatic heterocycles. The van der Waals surface area contributed by atoms with E-state index in [1.54, 1.807) is 0 Å². The summed E-state index contributed by atoms with van der Waals surface area (Å²) in [5, 5.41) is 11.1. The lowest BCUT2D eigenvalue weighted by molar-refractivity contribution is 0.178. The first-order valence-electron chi connectivity index (χ1n) is 6.16. The Morgan fingerprint density at radius 3 is 2.47 bits per heavy atom. The predicted octanol–water partition coefficient (Wildman–Crippen LogP) is 5.00. The van der Waals surface area contributed by atoms with Gasteiger partial charge in [0.25, 0.3) is 0 Å². The van der Waals surface area contributed by atoms with Gasteiger partial charge in [-0.1, -0.05) is 45.7 Å². The van der Waals surface area contributed by atoms with Gasteiger partial charge in [0.15, 0.2) is 0 Å². The molecular formula is C16H16BrClO. The Morgan fingerprint density at radius 1 is 1.11 bits per heavy atom. The lowest BCUT2D eigenvalue weighted by Gasteiger charge is -2.14. The highest BCUT2D eigenvalue weighted by Gasteiger charge is 2.12. The highest BCUT2D eigenvalue weighted by Crippen LogP contribution is 2.26. The zero-order chi connectivity index (χ0) is 14.0. The molecule has 3 heteroatoms. The minimum Gasteiger partial charge on any atom is -0.388 e. The quantitative estimate of drug-likeness (QED) is 0.834. The molecule has 1 N–H and O–H groups in total. The Bertz CT molecular complexity index is 575. The van der Waals surface area contributed by atoms with Crippen LogP contribution < -0.4 is 0 Å². The average molecular weight is 340 g/mol. The Morgan fingerprint density at radius 2 is 1.84 bits per heavy atom. The van der Waals surface area contributed by atoms with Crippen LogP contribution in [0.1, 0.15) is 28.4 Å². The fourth-order valence-electron chi connectivity index (χ4n) is 2.10. The van der Waals surface area contributed by atoms with Crippen LogP contribution in [-0.4, -0.2) is 5.11 Å². The van der Waals surface area contributed by atoms with E-state index in [-0.39, 0.29) is 0 Å². The van der Waals surface area contributed by atoms with Crippen molar-refractivity contribution in [3.8, 4) is 0 Å². The highest BCUT2D eigenvalue weighted by atomic mass is 79.9. The first-order valence-corrected chi connectivity index (χ1v) is 7.33. The van der Waals surface area contributed by atoms with Crippen molar-refractivity contribution in [2.45, 2.75) is 26.4 Å². The third-order valence-corrected chi connectivity index (χ3v) is 3.88. The van der Waals surface area contributed by atoms with Crippen molar-refractivity contribution in [2.75, 3.05) is 0 Å². The number of rotatable bonds is 3. The van der Waals surface area contributed by atoms with E-state index in [1.807, 2.05) is 50.2 Å². The van der Waals surface area contributed by atoms with Crippen LogP contribution in [0.15, 0.2) is 40.9 Å². The van der Waals surface area contributed by atoms with Crippen molar-refractivity contribution >= 4 is 27.5 Å². The van der Waals surface area contributed by atoms with Crippen LogP contribution in [0.4, 0.5) is 0 Å². The van der Waals surface area contributed by atoms with Crippen LogP contribution in [-0.2, 0) is 6.42 Å². The van der Waals surface area contributed by atoms with Gasteiger partial charge in [-0.05, 0) is 54.3 Å². The molecule has 0 amide bonds. The molecule has 100 valence electrons. The first kappa shape index (κ1) is 14.6. The van der Waals surface area contributed by atoms with Crippen LogP contribution in [0, 0.1) is 13.8 Å². The van der Waals surface area contributed by atoms with Gasteiger partial charge >= 0.3 is 0 Å². The molecule has 0 heterocycles. The SMILES string of the molecule is Cc1cc(Br)cc(C(O)Cc2ccc(C)cc2Cl)c1. The van der Waals surface area contributed by atoms with Gasteiger partial charge in [0.1, 0.15) is 0 Å². The van der Waals surface area contributed by atoms with E-state index in [0.717, 1.165) is 26.7 Å². The Kier molecular flexibility index (Phi) is 4.67. The molecule has 1 atom stereocenters. The number of halogens is 2. The van der Waals surface area contributed by atoms with Crippen LogP contribution in [0.2, 0.25) is 5.02 Å². The van der Waals surface area contributed by atoms with E-state index in [9.17, 15) is 5.11 Å². The zero-order valence-electron chi connectivity index (χ0n) is 11.0. The number of aryl methyl sites for hydroxylation is 2. The third kappa shape index (κ3) is 3.82. The van der Waals surface area contributed by atoms with Crippen molar-refractivity contribution in [3.63, 3.8) is 0 Å². The second kappa shape index (κ2) is 6.08. The van der Waals surface area contributed by atoms with Gasteiger partial charge in [-0.3, -0.25) is 0 Å². The van der Waals surface area contributed by atoms with E-state index >= 15 is 0 Å². The Balaban J connectivity index is 2.22. The molecule has 0 spiro atoms. The van der Waals surface area contributed by atoms with Gasteiger partial charge in [-0.2, -0.15) is 0 Å². The summed E-state index contributed by atoms with van der Waals surface area (Å²) >= 11 is 9.66. The number of hydrogen-bond donors (Lipinski definition) is 1. The molecule has 0 fully saturated rings. The molecule has 2 aromatic carbocycles. The van der Waals surface area contributed by atoms with Gasteiger partial charge in [-0.25, -0.2) is 0 Å². The molecule has 0 aliphatic heterocycles. The summed E-state index contributed by atoms with van der Waals surface area (Å²) in [5.74, 6) is 0. The lowest BCUT2D eigenvalue weighted by atomic mass is 9.99. The number of hydrogen-bond acceptors (Lipinski definition) is 1. The molecule has 0 saturated carbocycles. The van der Waals surface area contributed by atoms with Gasteiger partial charge < -0.3 is 5.11 Å². The molecule has 0 aliphatic rings. The topological polar surface area (TPSA) is 20.2 Å². The molecule has 19 heavy (non-hydrogen) atoms. The summed E-state index contributed by atoms with van der Waals surface area (Å²) < 4.78 is 0.983. The van der Waals surface area contributed by atoms with Crippen molar-refractivity contribution in [3.05, 3.63) is 68.1 Å². The number of aliphatic hydroxyl groups excluding tert-OH is 1. The van der Waals surface area contributed by atoms with Gasteiger partial charge in [0.2, 0.25) is 0 Å². The van der Waals surface area contributed by atoms with Gasteiger partial charge in [0, 0.05) is 15.9 Å². The second-order valence-electron chi connectivity index (χ2n) is 4.88. The van der Waals surface area contributed by atoms with Crippen LogP contribution in [0.25, 0.3) is 0 Å². The molecular weight excluding hydrogens is 324 g/mol. The standard InChI is InChI=1S/C16H16BrClO/c1-10-3-4-12(15(18)7-10)9-16(19)13-5-11(2)6-14(17)8-13/h3-8,16,19H,9H2,1-2H3. The summed E-state index contributed by atoms with van der Waals surface area (Å²) in [6.07, 6.45) is -0.0222. The van der Waals surface area contributed by atoms with Crippen molar-refractivity contribution in [1.29, 1.82) is 0 Å². The maximum Gasteiger partial charge on any atom is 0.0831 e. The summed E-state index contributed by atoms with van der Waals surface area (Å²) in [6, 6.07) is 11.9. The van der Waals surface area contributed by atoms with E-state index in [1.165, 1.54) is 0 Å². The number of benzene rings is 2. The normalized spacial score (nSPS) is 12.5. The highest BCUT2D eigenvalue weighted by molar-refractivity contribution is 9.10. The van der Waals surface area contributed by atoms with Crippen molar-refractivity contribution in [1.82, 2.24) is 0 Å². The molecule has 0 bridgehead atoms. The second-order valence-corrected chi connectivity index (χ2v) is 6.20. The minimum atomic E-state index is -0.545. The molecule has 0 aliphatic carbocycles. The Labute approximate surface area is 127 Å². The molecule has 0 saturated heterocycles. The average Bonchev–Trinajstić information content (AvgIpc) is 2.31. The predicted molar refractivity (Wildman–Crippen MR) is 83.7 cm³/mol. The summed E-state index contributed by atoms with van der Waals surface area (Å²) in [5.41, 5.74) is 4.13. The van der Waals surface area contributed by atoms with E-state index in [0.29, 0.717) is 11.4 Å². The largest absolute Gasteiger partial charge is 0.388 e. The van der Waals surface area contributed by atoms with Crippen LogP contribution >= 0.6 is 27.5 Å². The summed E-state index contributed by atoms with van der Waals surface area (Å²) in [6.45, 7) is 4.02. The number of aliphatic hydroxyl groups is 1. The molecule has 1 nitrogen and oxygen atoms in total. The fourth-order valence-corrected chi connectivity index (χ4v) is 3.04. The van der Waals surface area contributed by atoms with Crippen molar-refractivity contribution in [2.24, 2.45) is 0 Å². The van der Waals surface area contributed by atoms with E-state index in [4.69, 9.17) is 11.6 Å². The maximum absolute atomic E-state index is 10.3. The van der Waals surface area contributed by atoms with E-state index < -0.39 is 6.10 Å². The lowest BCUT2D eigenvalue weighted by Crippen LogP contribution is -2.03. The minimum absolute atomic E-state index is 0.523. The van der Waals surface area contributed by atoms with Crippen LogP contribution in [0.3, 0.4) is 0 Å². The molecule has 0 radical (unpaired) electrons. The molecule has 2 aromatic rings. The Hall–Kier alpha value is -0.830. The fraction of sp³-hybridized carbons (Fsp3) is 0.250. The van der Waals surface area contributed by atoms with Crippen LogP contribution in [0.5, 0.6) is 0 Å². The van der Waals surface area contributed by atoms with E-state index in [2.05, 4.69) is 15.9 Å². The van der Waals surface area contributed by atoms with Gasteiger partial charge in [0.05, 0.1) is 6.10 Å². The third-order valence-electron chi connectivity index (χ3n) is 3.07. The van der Waals surface area contributed by atoms with Gasteiger partial charge in [-0.15, -0.1) is 0 Å². The molecule has 1 unspecified atom stereocenters. The smallest absolute Gasteiger partial charge is 0.0831 e. The maximum atomic E-state index is 10.3. The summed E-state index contributed by atoms with van der Waals surface area (Å²) in [4.78, 5) is 0. The molecule has 2 rings (SSSR count). The summed E-state index contributed by atoms with van der Waals surface area (Å²) in [7, 11) is 0. The monoisotopic (exact) mass is 338 g/mol.